The van der Waals surface area contributed by atoms with Crippen molar-refractivity contribution in [2.24, 2.45) is 5.92 Å². The van der Waals surface area contributed by atoms with Crippen LogP contribution < -0.4 is 5.32 Å². The molecule has 1 saturated heterocycles. The van der Waals surface area contributed by atoms with Gasteiger partial charge in [-0.05, 0) is 59.1 Å². The number of halogens is 1. The van der Waals surface area contributed by atoms with Gasteiger partial charge in [-0.1, -0.05) is 18.2 Å². The Kier molecular flexibility index (Phi) is 5.71. The first-order valence-electron chi connectivity index (χ1n) is 8.20. The van der Waals surface area contributed by atoms with Crippen molar-refractivity contribution in [3.05, 3.63) is 59.0 Å². The van der Waals surface area contributed by atoms with Gasteiger partial charge in [0.25, 0.3) is 0 Å². The fourth-order valence-electron chi connectivity index (χ4n) is 2.83. The lowest BCUT2D eigenvalue weighted by atomic mass is 9.97. The summed E-state index contributed by atoms with van der Waals surface area (Å²) in [6.07, 6.45) is 4.74. The van der Waals surface area contributed by atoms with Gasteiger partial charge in [0.15, 0.2) is 4.67 Å². The molecule has 130 valence electrons. The molecule has 2 heterocycles. The number of hydrogen-bond donors (Lipinski definition) is 1. The van der Waals surface area contributed by atoms with E-state index in [9.17, 15) is 9.59 Å². The molecule has 3 rings (SSSR count). The number of amides is 2. The van der Waals surface area contributed by atoms with E-state index in [1.54, 1.807) is 23.1 Å². The van der Waals surface area contributed by atoms with Gasteiger partial charge in [0, 0.05) is 24.9 Å². The van der Waals surface area contributed by atoms with Gasteiger partial charge in [0.2, 0.25) is 11.8 Å². The fraction of sp³-hybridized carbons (Fsp3) is 0.263. The zero-order chi connectivity index (χ0) is 17.6. The van der Waals surface area contributed by atoms with E-state index in [0.29, 0.717) is 23.5 Å². The van der Waals surface area contributed by atoms with Crippen molar-refractivity contribution in [3.8, 4) is 0 Å². The Bertz CT molecular complexity index is 770. The fourth-order valence-corrected chi connectivity index (χ4v) is 3.15. The summed E-state index contributed by atoms with van der Waals surface area (Å²) >= 11 is 3.23. The standard InChI is InChI=1S/C19H19BrN2O3/c20-17-10-8-16(25-17)9-11-18(23)22-12-4-5-14(13-22)19(24)21-15-6-2-1-3-7-15/h1-3,6-11,14H,4-5,12-13H2,(H,21,24)/b11-9+. The van der Waals surface area contributed by atoms with Gasteiger partial charge in [0.1, 0.15) is 5.76 Å². The van der Waals surface area contributed by atoms with Crippen molar-refractivity contribution < 1.29 is 14.0 Å². The third kappa shape index (κ3) is 4.82. The summed E-state index contributed by atoms with van der Waals surface area (Å²) in [6, 6.07) is 12.9. The molecule has 0 radical (unpaired) electrons. The van der Waals surface area contributed by atoms with Gasteiger partial charge in [-0.15, -0.1) is 0 Å². The number of para-hydroxylation sites is 1. The summed E-state index contributed by atoms with van der Waals surface area (Å²) in [5, 5.41) is 2.92. The van der Waals surface area contributed by atoms with E-state index in [1.165, 1.54) is 6.08 Å². The molecule has 1 N–H and O–H groups in total. The summed E-state index contributed by atoms with van der Waals surface area (Å²) < 4.78 is 5.96. The lowest BCUT2D eigenvalue weighted by Gasteiger charge is -2.31. The van der Waals surface area contributed by atoms with E-state index in [4.69, 9.17) is 4.42 Å². The van der Waals surface area contributed by atoms with Crippen LogP contribution >= 0.6 is 15.9 Å². The van der Waals surface area contributed by atoms with Crippen LogP contribution in [0.4, 0.5) is 5.69 Å². The average molecular weight is 403 g/mol. The maximum absolute atomic E-state index is 12.4. The van der Waals surface area contributed by atoms with Crippen LogP contribution in [0.15, 0.2) is 57.6 Å². The minimum Gasteiger partial charge on any atom is -0.450 e. The van der Waals surface area contributed by atoms with Gasteiger partial charge in [-0.3, -0.25) is 9.59 Å². The zero-order valence-electron chi connectivity index (χ0n) is 13.7. The van der Waals surface area contributed by atoms with E-state index >= 15 is 0 Å². The Morgan fingerprint density at radius 1 is 1.20 bits per heavy atom. The van der Waals surface area contributed by atoms with Crippen LogP contribution in [0.1, 0.15) is 18.6 Å². The number of piperidine rings is 1. The minimum absolute atomic E-state index is 0.0392. The maximum atomic E-state index is 12.4. The SMILES string of the molecule is O=C(Nc1ccccc1)C1CCCN(C(=O)/C=C/c2ccc(Br)o2)C1. The number of likely N-dealkylation sites (tertiary alicyclic amines) is 1. The highest BCUT2D eigenvalue weighted by Crippen LogP contribution is 2.20. The molecule has 25 heavy (non-hydrogen) atoms. The molecule has 1 fully saturated rings. The van der Waals surface area contributed by atoms with Gasteiger partial charge in [-0.25, -0.2) is 0 Å². The number of nitrogens with zero attached hydrogens (tertiary/aromatic N) is 1. The van der Waals surface area contributed by atoms with Crippen LogP contribution in [-0.2, 0) is 9.59 Å². The second-order valence-electron chi connectivity index (χ2n) is 5.95. The first-order chi connectivity index (χ1) is 12.1. The normalized spacial score (nSPS) is 17.6. The van der Waals surface area contributed by atoms with Crippen LogP contribution in [0.2, 0.25) is 0 Å². The largest absolute Gasteiger partial charge is 0.450 e. The topological polar surface area (TPSA) is 62.6 Å². The number of benzene rings is 1. The predicted octanol–water partition coefficient (Wildman–Crippen LogP) is 3.93. The summed E-state index contributed by atoms with van der Waals surface area (Å²) in [6.45, 7) is 1.10. The lowest BCUT2D eigenvalue weighted by Crippen LogP contribution is -2.43. The Morgan fingerprint density at radius 2 is 2.00 bits per heavy atom. The zero-order valence-corrected chi connectivity index (χ0v) is 15.2. The molecule has 6 heteroatoms. The Balaban J connectivity index is 1.57. The Morgan fingerprint density at radius 3 is 2.72 bits per heavy atom. The Labute approximate surface area is 154 Å². The van der Waals surface area contributed by atoms with E-state index in [-0.39, 0.29) is 17.7 Å². The number of anilines is 1. The molecular formula is C19H19BrN2O3. The van der Waals surface area contributed by atoms with Crippen LogP contribution in [-0.4, -0.2) is 29.8 Å². The number of carbonyl (C=O) groups excluding carboxylic acids is 2. The molecule has 2 aromatic rings. The van der Waals surface area contributed by atoms with E-state index in [2.05, 4.69) is 21.2 Å². The van der Waals surface area contributed by atoms with Crippen molar-refractivity contribution in [1.29, 1.82) is 0 Å². The molecule has 2 amide bonds. The van der Waals surface area contributed by atoms with Crippen molar-refractivity contribution >= 4 is 39.5 Å². The third-order valence-electron chi connectivity index (χ3n) is 4.13. The Hall–Kier alpha value is -2.34. The van der Waals surface area contributed by atoms with Crippen LogP contribution in [0.25, 0.3) is 6.08 Å². The second-order valence-corrected chi connectivity index (χ2v) is 6.74. The monoisotopic (exact) mass is 402 g/mol. The number of rotatable bonds is 4. The van der Waals surface area contributed by atoms with Crippen molar-refractivity contribution in [2.75, 3.05) is 18.4 Å². The van der Waals surface area contributed by atoms with Crippen molar-refractivity contribution in [3.63, 3.8) is 0 Å². The minimum atomic E-state index is -0.191. The first-order valence-corrected chi connectivity index (χ1v) is 8.99. The molecule has 1 atom stereocenters. The van der Waals surface area contributed by atoms with Crippen LogP contribution in [0.3, 0.4) is 0 Å². The van der Waals surface area contributed by atoms with E-state index in [0.717, 1.165) is 18.5 Å². The van der Waals surface area contributed by atoms with Crippen LogP contribution in [0, 0.1) is 5.92 Å². The first kappa shape index (κ1) is 17.5. The molecule has 0 bridgehead atoms. The van der Waals surface area contributed by atoms with Crippen LogP contribution in [0.5, 0.6) is 0 Å². The second kappa shape index (κ2) is 8.16. The van der Waals surface area contributed by atoms with Gasteiger partial charge >= 0.3 is 0 Å². The predicted molar refractivity (Wildman–Crippen MR) is 99.8 cm³/mol. The molecule has 1 aromatic heterocycles. The molecule has 5 nitrogen and oxygen atoms in total. The molecule has 1 aliphatic rings. The number of furan rings is 1. The quantitative estimate of drug-likeness (QED) is 0.787. The average Bonchev–Trinajstić information content (AvgIpc) is 3.06. The molecule has 0 spiro atoms. The van der Waals surface area contributed by atoms with Gasteiger partial charge in [-0.2, -0.15) is 0 Å². The third-order valence-corrected chi connectivity index (χ3v) is 4.56. The number of nitrogens with one attached hydrogen (secondary N) is 1. The lowest BCUT2D eigenvalue weighted by molar-refractivity contribution is -0.130. The maximum Gasteiger partial charge on any atom is 0.246 e. The number of carbonyl (C=O) groups is 2. The van der Waals surface area contributed by atoms with E-state index < -0.39 is 0 Å². The van der Waals surface area contributed by atoms with Gasteiger partial charge < -0.3 is 14.6 Å². The molecule has 1 aliphatic heterocycles. The number of hydrogen-bond acceptors (Lipinski definition) is 3. The highest BCUT2D eigenvalue weighted by molar-refractivity contribution is 9.10. The summed E-state index contributed by atoms with van der Waals surface area (Å²) in [5.41, 5.74) is 0.777. The van der Waals surface area contributed by atoms with Gasteiger partial charge in [0.05, 0.1) is 5.92 Å². The summed E-state index contributed by atoms with van der Waals surface area (Å²) in [4.78, 5) is 26.5. The molecule has 0 aliphatic carbocycles. The van der Waals surface area contributed by atoms with Crippen molar-refractivity contribution in [2.45, 2.75) is 12.8 Å². The van der Waals surface area contributed by atoms with Crippen molar-refractivity contribution in [1.82, 2.24) is 4.90 Å². The molecule has 0 saturated carbocycles. The molecular weight excluding hydrogens is 384 g/mol. The molecule has 1 aromatic carbocycles. The highest BCUT2D eigenvalue weighted by Gasteiger charge is 2.27. The summed E-state index contributed by atoms with van der Waals surface area (Å²) in [5.74, 6) is 0.270. The van der Waals surface area contributed by atoms with E-state index in [1.807, 2.05) is 30.3 Å². The summed E-state index contributed by atoms with van der Waals surface area (Å²) in [7, 11) is 0. The molecule has 1 unspecified atom stereocenters. The smallest absolute Gasteiger partial charge is 0.246 e. The highest BCUT2D eigenvalue weighted by atomic mass is 79.9.